The largest absolute Gasteiger partial charge is 0.346 e. The third-order valence-electron chi connectivity index (χ3n) is 2.06. The molecule has 3 N–H and O–H groups in total. The SMILES string of the molecule is CC(CC#N)N(C)C(=O)CNC(=O)CN. The Hall–Kier alpha value is -1.61. The van der Waals surface area contributed by atoms with Gasteiger partial charge in [0.15, 0.2) is 0 Å². The Bertz CT molecular complexity index is 272. The van der Waals surface area contributed by atoms with Crippen molar-refractivity contribution in [3.8, 4) is 6.07 Å². The van der Waals surface area contributed by atoms with E-state index in [-0.39, 0.29) is 37.4 Å². The van der Waals surface area contributed by atoms with E-state index in [0.29, 0.717) is 0 Å². The lowest BCUT2D eigenvalue weighted by atomic mass is 10.2. The quantitative estimate of drug-likeness (QED) is 0.599. The van der Waals surface area contributed by atoms with Gasteiger partial charge in [-0.05, 0) is 6.92 Å². The number of carbonyl (C=O) groups is 2. The molecule has 1 unspecified atom stereocenters. The van der Waals surface area contributed by atoms with Crippen molar-refractivity contribution in [2.24, 2.45) is 5.73 Å². The fourth-order valence-electron chi connectivity index (χ4n) is 0.886. The van der Waals surface area contributed by atoms with Gasteiger partial charge in [0.05, 0.1) is 25.6 Å². The van der Waals surface area contributed by atoms with Crippen LogP contribution in [0.5, 0.6) is 0 Å². The summed E-state index contributed by atoms with van der Waals surface area (Å²) >= 11 is 0. The van der Waals surface area contributed by atoms with E-state index in [4.69, 9.17) is 11.0 Å². The van der Waals surface area contributed by atoms with Gasteiger partial charge in [-0.1, -0.05) is 0 Å². The second-order valence-electron chi connectivity index (χ2n) is 3.20. The highest BCUT2D eigenvalue weighted by atomic mass is 16.2. The standard InChI is InChI=1S/C9H16N4O2/c1-7(3-4-10)13(2)9(15)6-12-8(14)5-11/h7H,3,5-6,11H2,1-2H3,(H,12,14). The Kier molecular flexibility index (Phi) is 6.06. The molecule has 0 bridgehead atoms. The van der Waals surface area contributed by atoms with Crippen molar-refractivity contribution in [3.63, 3.8) is 0 Å². The molecule has 1 atom stereocenters. The van der Waals surface area contributed by atoms with E-state index >= 15 is 0 Å². The van der Waals surface area contributed by atoms with Gasteiger partial charge in [0, 0.05) is 13.1 Å². The molecule has 0 aromatic heterocycles. The molecule has 0 spiro atoms. The Morgan fingerprint density at radius 2 is 2.20 bits per heavy atom. The Labute approximate surface area is 89.0 Å². The molecule has 0 radical (unpaired) electrons. The monoisotopic (exact) mass is 212 g/mol. The van der Waals surface area contributed by atoms with E-state index in [9.17, 15) is 9.59 Å². The zero-order chi connectivity index (χ0) is 11.8. The molecule has 2 amide bonds. The van der Waals surface area contributed by atoms with Crippen LogP contribution in [-0.4, -0.2) is 42.9 Å². The average molecular weight is 212 g/mol. The van der Waals surface area contributed by atoms with Crippen LogP contribution in [0.4, 0.5) is 0 Å². The first-order valence-corrected chi connectivity index (χ1v) is 4.62. The van der Waals surface area contributed by atoms with Crippen LogP contribution in [-0.2, 0) is 9.59 Å². The van der Waals surface area contributed by atoms with Crippen LogP contribution < -0.4 is 11.1 Å². The zero-order valence-corrected chi connectivity index (χ0v) is 8.99. The van der Waals surface area contributed by atoms with Crippen LogP contribution in [0.2, 0.25) is 0 Å². The van der Waals surface area contributed by atoms with Gasteiger partial charge in [-0.3, -0.25) is 9.59 Å². The summed E-state index contributed by atoms with van der Waals surface area (Å²) in [5.41, 5.74) is 5.06. The van der Waals surface area contributed by atoms with Gasteiger partial charge in [0.2, 0.25) is 11.8 Å². The molecule has 0 aliphatic rings. The molecule has 0 heterocycles. The maximum atomic E-state index is 11.4. The number of nitriles is 1. The number of nitrogens with two attached hydrogens (primary N) is 1. The number of amides is 2. The summed E-state index contributed by atoms with van der Waals surface area (Å²) in [6.45, 7) is 1.55. The van der Waals surface area contributed by atoms with Crippen molar-refractivity contribution < 1.29 is 9.59 Å². The van der Waals surface area contributed by atoms with Crippen LogP contribution in [0.25, 0.3) is 0 Å². The van der Waals surface area contributed by atoms with E-state index in [1.54, 1.807) is 14.0 Å². The first kappa shape index (κ1) is 13.4. The van der Waals surface area contributed by atoms with Crippen LogP contribution in [0.1, 0.15) is 13.3 Å². The van der Waals surface area contributed by atoms with Crippen LogP contribution in [0.15, 0.2) is 0 Å². The predicted octanol–water partition coefficient (Wildman–Crippen LogP) is -1.18. The molecule has 0 aromatic rings. The number of likely N-dealkylation sites (N-methyl/N-ethyl adjacent to an activating group) is 1. The van der Waals surface area contributed by atoms with Crippen molar-refractivity contribution in [3.05, 3.63) is 0 Å². The second-order valence-corrected chi connectivity index (χ2v) is 3.20. The average Bonchev–Trinajstić information content (AvgIpc) is 2.24. The van der Waals surface area contributed by atoms with Gasteiger partial charge in [0.25, 0.3) is 0 Å². The van der Waals surface area contributed by atoms with E-state index in [0.717, 1.165) is 0 Å². The molecule has 6 nitrogen and oxygen atoms in total. The number of carbonyl (C=O) groups excluding carboxylic acids is 2. The molecular formula is C9H16N4O2. The van der Waals surface area contributed by atoms with Crippen molar-refractivity contribution in [2.75, 3.05) is 20.1 Å². The lowest BCUT2D eigenvalue weighted by Crippen LogP contribution is -2.43. The minimum atomic E-state index is -0.371. The Morgan fingerprint density at radius 3 is 2.67 bits per heavy atom. The van der Waals surface area contributed by atoms with Gasteiger partial charge in [-0.2, -0.15) is 5.26 Å². The summed E-state index contributed by atoms with van der Waals surface area (Å²) in [6, 6.07) is 1.82. The molecule has 0 saturated heterocycles. The molecule has 0 saturated carbocycles. The summed E-state index contributed by atoms with van der Waals surface area (Å²) in [6.07, 6.45) is 0.271. The highest BCUT2D eigenvalue weighted by Crippen LogP contribution is 1.99. The molecule has 84 valence electrons. The number of nitrogens with one attached hydrogen (secondary N) is 1. The second kappa shape index (κ2) is 6.79. The smallest absolute Gasteiger partial charge is 0.241 e. The minimum Gasteiger partial charge on any atom is -0.346 e. The summed E-state index contributed by atoms with van der Waals surface area (Å²) in [7, 11) is 1.60. The molecule has 15 heavy (non-hydrogen) atoms. The van der Waals surface area contributed by atoms with Gasteiger partial charge < -0.3 is 16.0 Å². The van der Waals surface area contributed by atoms with E-state index in [1.807, 2.05) is 6.07 Å². The van der Waals surface area contributed by atoms with Crippen LogP contribution in [0, 0.1) is 11.3 Å². The molecule has 0 fully saturated rings. The lowest BCUT2D eigenvalue weighted by molar-refractivity contribution is -0.132. The molecule has 0 aromatic carbocycles. The normalized spacial score (nSPS) is 11.3. The van der Waals surface area contributed by atoms with E-state index < -0.39 is 0 Å². The first-order valence-electron chi connectivity index (χ1n) is 4.62. The summed E-state index contributed by atoms with van der Waals surface area (Å²) in [5.74, 6) is -0.607. The molecule has 0 aliphatic carbocycles. The van der Waals surface area contributed by atoms with E-state index in [2.05, 4.69) is 5.32 Å². The summed E-state index contributed by atoms with van der Waals surface area (Å²) < 4.78 is 0. The number of rotatable bonds is 5. The molecular weight excluding hydrogens is 196 g/mol. The van der Waals surface area contributed by atoms with E-state index in [1.165, 1.54) is 4.90 Å². The first-order chi connectivity index (χ1) is 7.02. The summed E-state index contributed by atoms with van der Waals surface area (Å²) in [5, 5.41) is 10.8. The highest BCUT2D eigenvalue weighted by Gasteiger charge is 2.15. The number of hydrogen-bond acceptors (Lipinski definition) is 4. The number of nitrogens with zero attached hydrogens (tertiary/aromatic N) is 2. The molecule has 0 rings (SSSR count). The fourth-order valence-corrected chi connectivity index (χ4v) is 0.886. The van der Waals surface area contributed by atoms with Crippen LogP contribution >= 0.6 is 0 Å². The Balaban J connectivity index is 4.00. The van der Waals surface area contributed by atoms with Crippen molar-refractivity contribution in [1.82, 2.24) is 10.2 Å². The highest BCUT2D eigenvalue weighted by molar-refractivity contribution is 5.85. The van der Waals surface area contributed by atoms with Crippen molar-refractivity contribution >= 4 is 11.8 Å². The maximum Gasteiger partial charge on any atom is 0.241 e. The van der Waals surface area contributed by atoms with Gasteiger partial charge in [0.1, 0.15) is 0 Å². The van der Waals surface area contributed by atoms with Crippen LogP contribution in [0.3, 0.4) is 0 Å². The topological polar surface area (TPSA) is 99.2 Å². The third kappa shape index (κ3) is 4.98. The number of hydrogen-bond donors (Lipinski definition) is 2. The molecule has 0 aliphatic heterocycles. The van der Waals surface area contributed by atoms with Crippen molar-refractivity contribution in [2.45, 2.75) is 19.4 Å². The zero-order valence-electron chi connectivity index (χ0n) is 8.99. The minimum absolute atomic E-state index is 0.0810. The van der Waals surface area contributed by atoms with Gasteiger partial charge >= 0.3 is 0 Å². The van der Waals surface area contributed by atoms with Crippen molar-refractivity contribution in [1.29, 1.82) is 5.26 Å². The summed E-state index contributed by atoms with van der Waals surface area (Å²) in [4.78, 5) is 23.6. The van der Waals surface area contributed by atoms with Gasteiger partial charge in [-0.15, -0.1) is 0 Å². The van der Waals surface area contributed by atoms with Gasteiger partial charge in [-0.25, -0.2) is 0 Å². The molecule has 6 heteroatoms. The maximum absolute atomic E-state index is 11.4. The lowest BCUT2D eigenvalue weighted by Gasteiger charge is -2.22. The Morgan fingerprint density at radius 1 is 1.60 bits per heavy atom. The predicted molar refractivity (Wildman–Crippen MR) is 54.5 cm³/mol. The third-order valence-corrected chi connectivity index (χ3v) is 2.06. The fraction of sp³-hybridized carbons (Fsp3) is 0.667.